The molecule has 1 N–H and O–H groups in total. The molecule has 0 atom stereocenters. The van der Waals surface area contributed by atoms with Gasteiger partial charge in [-0.15, -0.1) is 0 Å². The maximum absolute atomic E-state index is 10.1. The van der Waals surface area contributed by atoms with E-state index in [1.54, 1.807) is 0 Å². The highest BCUT2D eigenvalue weighted by Gasteiger charge is 2.30. The maximum Gasteiger partial charge on any atom is 0.275 e. The molecule has 1 aromatic heterocycles. The van der Waals surface area contributed by atoms with E-state index in [1.807, 2.05) is 0 Å². The van der Waals surface area contributed by atoms with Crippen LogP contribution in [0.25, 0.3) is 0 Å². The molecule has 0 spiro atoms. The van der Waals surface area contributed by atoms with Crippen LogP contribution in [-0.4, -0.2) is 20.2 Å². The quantitative estimate of drug-likeness (QED) is 0.446. The molecule has 0 fully saturated rings. The standard InChI is InChI=1S/C4H4N4O3/c9-8(10)7-1-3-4(11-7)6-2-5-3/h2H,1H2,(H,5,6). The first kappa shape index (κ1) is 5.96. The van der Waals surface area contributed by atoms with Crippen LogP contribution < -0.4 is 4.84 Å². The summed E-state index contributed by atoms with van der Waals surface area (Å²) >= 11 is 0. The van der Waals surface area contributed by atoms with Gasteiger partial charge in [0.25, 0.3) is 5.88 Å². The first-order valence-electron chi connectivity index (χ1n) is 2.89. The number of nitro groups is 1. The van der Waals surface area contributed by atoms with Gasteiger partial charge in [-0.05, 0) is 0 Å². The number of imidazole rings is 1. The summed E-state index contributed by atoms with van der Waals surface area (Å²) in [4.78, 5) is 21.3. The van der Waals surface area contributed by atoms with Gasteiger partial charge in [-0.3, -0.25) is 0 Å². The molecule has 2 heterocycles. The van der Waals surface area contributed by atoms with Crippen molar-refractivity contribution in [3.05, 3.63) is 22.1 Å². The van der Waals surface area contributed by atoms with E-state index in [1.165, 1.54) is 6.33 Å². The van der Waals surface area contributed by atoms with E-state index < -0.39 is 5.03 Å². The van der Waals surface area contributed by atoms with Crippen LogP contribution in [0.15, 0.2) is 6.33 Å². The Hall–Kier alpha value is -1.79. The number of H-pyrrole nitrogens is 1. The molecular formula is C4H4N4O3. The third-order valence-electron chi connectivity index (χ3n) is 1.35. The second kappa shape index (κ2) is 1.84. The van der Waals surface area contributed by atoms with E-state index in [0.717, 1.165) is 0 Å². The number of hydrogen-bond acceptors (Lipinski definition) is 4. The lowest BCUT2D eigenvalue weighted by Crippen LogP contribution is -2.28. The van der Waals surface area contributed by atoms with Gasteiger partial charge in [0.2, 0.25) is 0 Å². The van der Waals surface area contributed by atoms with Gasteiger partial charge < -0.3 is 9.82 Å². The van der Waals surface area contributed by atoms with Gasteiger partial charge in [0.05, 0.1) is 11.5 Å². The number of hydrogen-bond donors (Lipinski definition) is 1. The monoisotopic (exact) mass is 156 g/mol. The molecule has 2 rings (SSSR count). The molecule has 0 bridgehead atoms. The summed E-state index contributed by atoms with van der Waals surface area (Å²) in [5.74, 6) is 0.279. The average molecular weight is 156 g/mol. The lowest BCUT2D eigenvalue weighted by atomic mass is 10.5. The Morgan fingerprint density at radius 1 is 1.91 bits per heavy atom. The fourth-order valence-electron chi connectivity index (χ4n) is 0.859. The Kier molecular flexibility index (Phi) is 0.999. The third kappa shape index (κ3) is 0.775. The van der Waals surface area contributed by atoms with Crippen LogP contribution in [0.3, 0.4) is 0 Å². The smallest absolute Gasteiger partial charge is 0.275 e. The summed E-state index contributed by atoms with van der Waals surface area (Å²) in [6.45, 7) is 0.113. The SMILES string of the molecule is O=[N+]([O-])N1Cc2[nH]cnc2O1. The minimum atomic E-state index is -0.629. The van der Waals surface area contributed by atoms with E-state index in [9.17, 15) is 10.1 Å². The molecule has 0 aromatic carbocycles. The lowest BCUT2D eigenvalue weighted by molar-refractivity contribution is -0.718. The Labute approximate surface area is 60.7 Å². The molecule has 7 heteroatoms. The molecule has 1 aliphatic heterocycles. The highest BCUT2D eigenvalue weighted by Crippen LogP contribution is 2.22. The fourth-order valence-corrected chi connectivity index (χ4v) is 0.859. The first-order valence-corrected chi connectivity index (χ1v) is 2.89. The minimum Gasteiger partial charge on any atom is -0.343 e. The molecule has 0 aliphatic carbocycles. The van der Waals surface area contributed by atoms with Crippen LogP contribution in [0.1, 0.15) is 5.69 Å². The van der Waals surface area contributed by atoms with Crippen LogP contribution in [0, 0.1) is 10.1 Å². The van der Waals surface area contributed by atoms with Gasteiger partial charge in [0, 0.05) is 0 Å². The van der Waals surface area contributed by atoms with E-state index in [0.29, 0.717) is 10.9 Å². The van der Waals surface area contributed by atoms with Gasteiger partial charge in [-0.25, -0.2) is 10.1 Å². The number of aromatic nitrogens is 2. The first-order chi connectivity index (χ1) is 5.27. The zero-order valence-corrected chi connectivity index (χ0v) is 5.35. The minimum absolute atomic E-state index is 0.113. The van der Waals surface area contributed by atoms with Crippen molar-refractivity contribution >= 4 is 0 Å². The second-order valence-electron chi connectivity index (χ2n) is 2.03. The Bertz CT molecular complexity index is 275. The molecule has 0 amide bonds. The van der Waals surface area contributed by atoms with Crippen LogP contribution >= 0.6 is 0 Å². The normalized spacial score (nSPS) is 14.4. The zero-order chi connectivity index (χ0) is 7.84. The predicted molar refractivity (Wildman–Crippen MR) is 31.8 cm³/mol. The molecular weight excluding hydrogens is 152 g/mol. The summed E-state index contributed by atoms with van der Waals surface area (Å²) < 4.78 is 0. The van der Waals surface area contributed by atoms with E-state index >= 15 is 0 Å². The van der Waals surface area contributed by atoms with Crippen molar-refractivity contribution in [1.29, 1.82) is 0 Å². The summed E-state index contributed by atoms with van der Waals surface area (Å²) in [6, 6.07) is 0. The second-order valence-corrected chi connectivity index (χ2v) is 2.03. The molecule has 0 saturated carbocycles. The highest BCUT2D eigenvalue weighted by atomic mass is 16.8. The van der Waals surface area contributed by atoms with Gasteiger partial charge >= 0.3 is 0 Å². The van der Waals surface area contributed by atoms with Crippen molar-refractivity contribution in [2.75, 3.05) is 0 Å². The third-order valence-corrected chi connectivity index (χ3v) is 1.35. The Morgan fingerprint density at radius 3 is 3.36 bits per heavy atom. The van der Waals surface area contributed by atoms with Gasteiger partial charge in [0.1, 0.15) is 5.69 Å². The van der Waals surface area contributed by atoms with Crippen LogP contribution in [-0.2, 0) is 6.54 Å². The van der Waals surface area contributed by atoms with Crippen LogP contribution in [0.4, 0.5) is 0 Å². The number of nitrogens with one attached hydrogen (secondary N) is 1. The number of aromatic amines is 1. The van der Waals surface area contributed by atoms with E-state index in [2.05, 4.69) is 9.97 Å². The van der Waals surface area contributed by atoms with Crippen molar-refractivity contribution < 1.29 is 9.87 Å². The van der Waals surface area contributed by atoms with Crippen molar-refractivity contribution in [2.45, 2.75) is 6.54 Å². The van der Waals surface area contributed by atoms with E-state index in [-0.39, 0.29) is 12.4 Å². The average Bonchev–Trinajstić information content (AvgIpc) is 2.40. The molecule has 58 valence electrons. The highest BCUT2D eigenvalue weighted by molar-refractivity contribution is 5.19. The van der Waals surface area contributed by atoms with Crippen molar-refractivity contribution in [2.24, 2.45) is 0 Å². The Balaban J connectivity index is 2.22. The van der Waals surface area contributed by atoms with Crippen LogP contribution in [0.2, 0.25) is 0 Å². The Morgan fingerprint density at radius 2 is 2.73 bits per heavy atom. The molecule has 0 saturated heterocycles. The van der Waals surface area contributed by atoms with Crippen molar-refractivity contribution in [3.8, 4) is 5.88 Å². The number of hydrazine groups is 1. The molecule has 0 unspecified atom stereocenters. The lowest BCUT2D eigenvalue weighted by Gasteiger charge is -2.01. The fraction of sp³-hybridized carbons (Fsp3) is 0.250. The molecule has 1 aromatic rings. The maximum atomic E-state index is 10.1. The van der Waals surface area contributed by atoms with Crippen LogP contribution in [0.5, 0.6) is 5.88 Å². The molecule has 1 aliphatic rings. The molecule has 7 nitrogen and oxygen atoms in total. The van der Waals surface area contributed by atoms with Gasteiger partial charge in [-0.1, -0.05) is 0 Å². The number of fused-ring (bicyclic) bond motifs is 1. The van der Waals surface area contributed by atoms with Crippen molar-refractivity contribution in [1.82, 2.24) is 15.1 Å². The summed E-state index contributed by atoms with van der Waals surface area (Å²) in [7, 11) is 0. The summed E-state index contributed by atoms with van der Waals surface area (Å²) in [6.07, 6.45) is 1.43. The molecule has 11 heavy (non-hydrogen) atoms. The number of hydroxylamine groups is 1. The number of rotatable bonds is 1. The largest absolute Gasteiger partial charge is 0.343 e. The zero-order valence-electron chi connectivity index (χ0n) is 5.35. The molecule has 0 radical (unpaired) electrons. The topological polar surface area (TPSA) is 84.3 Å². The van der Waals surface area contributed by atoms with Crippen molar-refractivity contribution in [3.63, 3.8) is 0 Å². The summed E-state index contributed by atoms with van der Waals surface area (Å²) in [5.41, 5.74) is 0.627. The van der Waals surface area contributed by atoms with Gasteiger partial charge in [0.15, 0.2) is 11.6 Å². The number of nitrogens with zero attached hydrogens (tertiary/aromatic N) is 3. The summed E-state index contributed by atoms with van der Waals surface area (Å²) in [5, 5.41) is 10.1. The predicted octanol–water partition coefficient (Wildman–Crippen LogP) is -0.289. The van der Waals surface area contributed by atoms with Gasteiger partial charge in [-0.2, -0.15) is 4.98 Å². The van der Waals surface area contributed by atoms with E-state index in [4.69, 9.17) is 4.84 Å².